The van der Waals surface area contributed by atoms with Gasteiger partial charge in [0.15, 0.2) is 6.61 Å². The van der Waals surface area contributed by atoms with Crippen LogP contribution in [0.15, 0.2) is 24.3 Å². The Morgan fingerprint density at radius 3 is 2.53 bits per heavy atom. The predicted octanol–water partition coefficient (Wildman–Crippen LogP) is 2.53. The Morgan fingerprint density at radius 1 is 1.00 bits per heavy atom. The van der Waals surface area contributed by atoms with Crippen molar-refractivity contribution in [1.29, 1.82) is 0 Å². The first-order chi connectivity index (χ1) is 22.3. The van der Waals surface area contributed by atoms with Gasteiger partial charge < -0.3 is 40.8 Å². The molecule has 3 rings (SSSR count). The molecule has 2 aliphatic heterocycles. The normalized spacial score (nSPS) is 18.8. The van der Waals surface area contributed by atoms with Gasteiger partial charge in [0, 0.05) is 42.6 Å². The van der Waals surface area contributed by atoms with Crippen molar-refractivity contribution in [3.05, 3.63) is 29.8 Å². The van der Waals surface area contributed by atoms with Gasteiger partial charge in [-0.1, -0.05) is 12.5 Å². The molecule has 0 aliphatic carbocycles. The second-order valence-electron chi connectivity index (χ2n) is 13.0. The number of hydrogen-bond donors (Lipinski definition) is 5. The minimum absolute atomic E-state index is 0.00965. The van der Waals surface area contributed by atoms with Gasteiger partial charge in [-0.2, -0.15) is 11.8 Å². The minimum atomic E-state index is -0.815. The van der Waals surface area contributed by atoms with E-state index in [4.69, 9.17) is 14.2 Å². The van der Waals surface area contributed by atoms with Crippen LogP contribution in [0.2, 0.25) is 0 Å². The number of hydrogen-bond acceptors (Lipinski definition) is 9. The zero-order valence-corrected chi connectivity index (χ0v) is 29.0. The van der Waals surface area contributed by atoms with Crippen LogP contribution in [-0.4, -0.2) is 97.9 Å². The lowest BCUT2D eigenvalue weighted by Crippen LogP contribution is -2.45. The molecule has 47 heavy (non-hydrogen) atoms. The molecule has 2 fully saturated rings. The van der Waals surface area contributed by atoms with Crippen LogP contribution in [0.1, 0.15) is 77.1 Å². The van der Waals surface area contributed by atoms with Crippen LogP contribution in [0.25, 0.3) is 0 Å². The van der Waals surface area contributed by atoms with Gasteiger partial charge in [0.25, 0.3) is 5.91 Å². The molecule has 0 aromatic heterocycles. The van der Waals surface area contributed by atoms with Crippen molar-refractivity contribution < 1.29 is 38.2 Å². The van der Waals surface area contributed by atoms with Gasteiger partial charge in [-0.25, -0.2) is 9.59 Å². The van der Waals surface area contributed by atoms with E-state index in [9.17, 15) is 24.0 Å². The van der Waals surface area contributed by atoms with Crippen molar-refractivity contribution in [1.82, 2.24) is 26.6 Å². The number of thioether (sulfide) groups is 1. The number of nitrogens with one attached hydrogen (secondary N) is 5. The lowest BCUT2D eigenvalue weighted by atomic mass is 9.93. The summed E-state index contributed by atoms with van der Waals surface area (Å²) in [5, 5.41) is 14.9. The van der Waals surface area contributed by atoms with E-state index in [0.29, 0.717) is 35.9 Å². The predicted molar refractivity (Wildman–Crippen MR) is 179 cm³/mol. The minimum Gasteiger partial charge on any atom is -0.482 e. The van der Waals surface area contributed by atoms with Crippen LogP contribution in [0.3, 0.4) is 0 Å². The summed E-state index contributed by atoms with van der Waals surface area (Å²) < 4.78 is 16.3. The van der Waals surface area contributed by atoms with Gasteiger partial charge >= 0.3 is 12.0 Å². The summed E-state index contributed by atoms with van der Waals surface area (Å²) in [6, 6.07) is 6.78. The van der Waals surface area contributed by atoms with Gasteiger partial charge in [0.05, 0.1) is 36.3 Å². The SMILES string of the molecule is CCOC(=O)COc1cccc(C(=O)NCCNC(=O)C(C)(C)COC(C)(C)CCNC(=O)CCCC[C@@H]2SC[C@@H]3NC(=O)N[C@@H]32)c1. The molecule has 0 bridgehead atoms. The molecule has 3 atom stereocenters. The first-order valence-corrected chi connectivity index (χ1v) is 17.4. The number of fused-ring (bicyclic) bond motifs is 1. The standard InChI is InChI=1S/C33H51N5O8S/c1-6-44-27(40)19-45-23-11-9-10-22(18-23)29(41)35-16-17-36-30(42)32(2,3)21-46-33(4,5)14-15-34-26(39)13-8-7-12-25-28-24(20-47-25)37-31(43)38-28/h9-11,18,24-25,28H,6-8,12-17,19-21H2,1-5H3,(H,34,39)(H,35,41)(H,36,42)(H2,37,38,43)/t24-,25-,28-/m0/s1. The Balaban J connectivity index is 1.26. The molecule has 1 aromatic rings. The number of unbranched alkanes of at least 4 members (excludes halogenated alkanes) is 1. The quantitative estimate of drug-likeness (QED) is 0.0790. The third-order valence-corrected chi connectivity index (χ3v) is 9.53. The first kappa shape index (κ1) is 37.9. The van der Waals surface area contributed by atoms with E-state index in [1.165, 1.54) is 6.07 Å². The summed E-state index contributed by atoms with van der Waals surface area (Å²) in [6.07, 6.45) is 3.76. The average molecular weight is 678 g/mol. The molecule has 2 aliphatic rings. The molecule has 2 heterocycles. The molecule has 14 heteroatoms. The maximum Gasteiger partial charge on any atom is 0.344 e. The smallest absolute Gasteiger partial charge is 0.344 e. The molecule has 262 valence electrons. The van der Waals surface area contributed by atoms with Crippen molar-refractivity contribution >= 4 is 41.5 Å². The highest BCUT2D eigenvalue weighted by molar-refractivity contribution is 8.00. The van der Waals surface area contributed by atoms with E-state index >= 15 is 0 Å². The van der Waals surface area contributed by atoms with E-state index in [-0.39, 0.29) is 68.7 Å². The molecule has 1 aromatic carbocycles. The second-order valence-corrected chi connectivity index (χ2v) is 14.3. The third kappa shape index (κ3) is 12.9. The maximum atomic E-state index is 12.9. The van der Waals surface area contributed by atoms with Gasteiger partial charge in [0.2, 0.25) is 11.8 Å². The summed E-state index contributed by atoms with van der Waals surface area (Å²) in [5.41, 5.74) is -1.01. The zero-order valence-electron chi connectivity index (χ0n) is 28.2. The van der Waals surface area contributed by atoms with Crippen LogP contribution in [0.4, 0.5) is 4.79 Å². The number of carbonyl (C=O) groups is 5. The maximum absolute atomic E-state index is 12.9. The van der Waals surface area contributed by atoms with Crippen LogP contribution < -0.4 is 31.3 Å². The topological polar surface area (TPSA) is 173 Å². The molecule has 13 nitrogen and oxygen atoms in total. The first-order valence-electron chi connectivity index (χ1n) is 16.3. The Hall–Kier alpha value is -3.52. The van der Waals surface area contributed by atoms with Crippen LogP contribution in [0.5, 0.6) is 5.75 Å². The number of carbonyl (C=O) groups excluding carboxylic acids is 5. The average Bonchev–Trinajstić information content (AvgIpc) is 3.58. The van der Waals surface area contributed by atoms with E-state index < -0.39 is 17.0 Å². The number of benzene rings is 1. The summed E-state index contributed by atoms with van der Waals surface area (Å²) in [7, 11) is 0. The Bertz CT molecular complexity index is 1240. The molecule has 2 saturated heterocycles. The van der Waals surface area contributed by atoms with E-state index in [1.54, 1.807) is 39.0 Å². The van der Waals surface area contributed by atoms with Crippen LogP contribution in [-0.2, 0) is 23.9 Å². The van der Waals surface area contributed by atoms with Crippen molar-refractivity contribution in [3.63, 3.8) is 0 Å². The highest BCUT2D eigenvalue weighted by Crippen LogP contribution is 2.33. The fraction of sp³-hybridized carbons (Fsp3) is 0.667. The van der Waals surface area contributed by atoms with Crippen molar-refractivity contribution in [2.24, 2.45) is 5.41 Å². The number of ether oxygens (including phenoxy) is 3. The van der Waals surface area contributed by atoms with E-state index in [0.717, 1.165) is 25.0 Å². The Kier molecular flexibility index (Phi) is 14.6. The lowest BCUT2D eigenvalue weighted by molar-refractivity contribution is -0.145. The van der Waals surface area contributed by atoms with Crippen molar-refractivity contribution in [2.45, 2.75) is 89.7 Å². The van der Waals surface area contributed by atoms with Crippen LogP contribution >= 0.6 is 11.8 Å². The summed E-state index contributed by atoms with van der Waals surface area (Å²) in [5.74, 6) is 0.281. The summed E-state index contributed by atoms with van der Waals surface area (Å²) >= 11 is 1.88. The fourth-order valence-corrected chi connectivity index (χ4v) is 6.69. The van der Waals surface area contributed by atoms with Gasteiger partial charge in [0.1, 0.15) is 5.75 Å². The molecule has 5 N–H and O–H groups in total. The summed E-state index contributed by atoms with van der Waals surface area (Å²) in [4.78, 5) is 60.8. The van der Waals surface area contributed by atoms with Crippen molar-refractivity contribution in [3.8, 4) is 5.75 Å². The number of amides is 5. The number of rotatable bonds is 20. The molecule has 0 spiro atoms. The zero-order chi connectivity index (χ0) is 34.5. The van der Waals surface area contributed by atoms with Crippen molar-refractivity contribution in [2.75, 3.05) is 45.2 Å². The molecular weight excluding hydrogens is 626 g/mol. The van der Waals surface area contributed by atoms with Gasteiger partial charge in [-0.3, -0.25) is 14.4 Å². The summed E-state index contributed by atoms with van der Waals surface area (Å²) in [6.45, 7) is 10.3. The highest BCUT2D eigenvalue weighted by atomic mass is 32.2. The molecular formula is C33H51N5O8S. The van der Waals surface area contributed by atoms with Gasteiger partial charge in [-0.15, -0.1) is 0 Å². The van der Waals surface area contributed by atoms with E-state index in [1.807, 2.05) is 25.6 Å². The fourth-order valence-electron chi connectivity index (χ4n) is 5.14. The largest absolute Gasteiger partial charge is 0.482 e. The second kappa shape index (κ2) is 18.1. The van der Waals surface area contributed by atoms with Gasteiger partial charge in [-0.05, 0) is 72.1 Å². The molecule has 0 saturated carbocycles. The van der Waals surface area contributed by atoms with Crippen LogP contribution in [0, 0.1) is 5.41 Å². The Labute approximate surface area is 281 Å². The molecule has 0 radical (unpaired) electrons. The number of esters is 1. The highest BCUT2D eigenvalue weighted by Gasteiger charge is 2.42. The third-order valence-electron chi connectivity index (χ3n) is 8.02. The molecule has 0 unspecified atom stereocenters. The monoisotopic (exact) mass is 677 g/mol. The Morgan fingerprint density at radius 2 is 1.77 bits per heavy atom. The lowest BCUT2D eigenvalue weighted by Gasteiger charge is -2.31. The number of urea groups is 1. The molecule has 5 amide bonds. The van der Waals surface area contributed by atoms with E-state index in [2.05, 4.69) is 26.6 Å².